The molecule has 0 aromatic carbocycles. The summed E-state index contributed by atoms with van der Waals surface area (Å²) >= 11 is 1.26. The van der Waals surface area contributed by atoms with Crippen LogP contribution in [0.25, 0.3) is 0 Å². The van der Waals surface area contributed by atoms with Crippen molar-refractivity contribution in [2.45, 2.75) is 45.1 Å². The van der Waals surface area contributed by atoms with Crippen LogP contribution in [-0.4, -0.2) is 21.2 Å². The molecule has 6 nitrogen and oxygen atoms in total. The molecule has 2 aromatic rings. The number of aryl methyl sites for hydroxylation is 1. The van der Waals surface area contributed by atoms with E-state index in [0.29, 0.717) is 23.4 Å². The topological polar surface area (TPSA) is 85.5 Å². The SMILES string of the molecule is CCCc1cc(OCc2noc(C3CC3)n2)c(C(=O)O)s1. The van der Waals surface area contributed by atoms with Gasteiger partial charge in [0.15, 0.2) is 11.5 Å². The molecule has 0 aliphatic heterocycles. The standard InChI is InChI=1S/C14H16N2O4S/c1-2-3-9-6-10(12(21-9)14(17)18)19-7-11-15-13(20-16-11)8-4-5-8/h6,8H,2-5,7H2,1H3,(H,17,18). The maximum Gasteiger partial charge on any atom is 0.349 e. The van der Waals surface area contributed by atoms with Gasteiger partial charge in [-0.05, 0) is 25.3 Å². The molecule has 7 heteroatoms. The van der Waals surface area contributed by atoms with Gasteiger partial charge in [0.05, 0.1) is 0 Å². The van der Waals surface area contributed by atoms with Crippen LogP contribution < -0.4 is 4.74 Å². The van der Waals surface area contributed by atoms with Gasteiger partial charge in [-0.2, -0.15) is 4.98 Å². The van der Waals surface area contributed by atoms with E-state index in [2.05, 4.69) is 17.1 Å². The molecule has 1 aliphatic carbocycles. The number of carboxylic acid groups (broad SMARTS) is 1. The zero-order valence-corrected chi connectivity index (χ0v) is 12.5. The van der Waals surface area contributed by atoms with Gasteiger partial charge in [-0.15, -0.1) is 11.3 Å². The third-order valence-corrected chi connectivity index (χ3v) is 4.37. The Balaban J connectivity index is 1.69. The summed E-state index contributed by atoms with van der Waals surface area (Å²) in [5.74, 6) is 0.927. The van der Waals surface area contributed by atoms with Crippen LogP contribution in [-0.2, 0) is 13.0 Å². The van der Waals surface area contributed by atoms with Crippen LogP contribution >= 0.6 is 11.3 Å². The Kier molecular flexibility index (Phi) is 3.92. The molecule has 0 unspecified atom stereocenters. The lowest BCUT2D eigenvalue weighted by molar-refractivity contribution is 0.0697. The fraction of sp³-hybridized carbons (Fsp3) is 0.500. The van der Waals surface area contributed by atoms with Gasteiger partial charge in [0.2, 0.25) is 11.7 Å². The Hall–Kier alpha value is -1.89. The van der Waals surface area contributed by atoms with E-state index >= 15 is 0 Å². The van der Waals surface area contributed by atoms with Gasteiger partial charge in [-0.3, -0.25) is 0 Å². The molecule has 0 radical (unpaired) electrons. The van der Waals surface area contributed by atoms with Gasteiger partial charge in [-0.25, -0.2) is 4.79 Å². The monoisotopic (exact) mass is 308 g/mol. The maximum absolute atomic E-state index is 11.2. The van der Waals surface area contributed by atoms with Crippen molar-refractivity contribution in [3.8, 4) is 5.75 Å². The van der Waals surface area contributed by atoms with E-state index in [1.165, 1.54) is 11.3 Å². The highest BCUT2D eigenvalue weighted by Crippen LogP contribution is 2.39. The van der Waals surface area contributed by atoms with Crippen LogP contribution in [0.5, 0.6) is 5.75 Å². The first-order valence-corrected chi connectivity index (χ1v) is 7.80. The summed E-state index contributed by atoms with van der Waals surface area (Å²) in [5.41, 5.74) is 0. The zero-order chi connectivity index (χ0) is 14.8. The Morgan fingerprint density at radius 3 is 3.05 bits per heavy atom. The number of aromatic carboxylic acids is 1. The zero-order valence-electron chi connectivity index (χ0n) is 11.7. The second-order valence-corrected chi connectivity index (χ2v) is 6.21. The number of aromatic nitrogens is 2. The van der Waals surface area contributed by atoms with Crippen LogP contribution in [0.4, 0.5) is 0 Å². The van der Waals surface area contributed by atoms with Crippen LogP contribution in [0.2, 0.25) is 0 Å². The second kappa shape index (κ2) is 5.85. The van der Waals surface area contributed by atoms with Crippen LogP contribution in [0.3, 0.4) is 0 Å². The highest BCUT2D eigenvalue weighted by atomic mass is 32.1. The molecule has 3 rings (SSSR count). The minimum Gasteiger partial charge on any atom is -0.484 e. The molecule has 0 atom stereocenters. The van der Waals surface area contributed by atoms with E-state index in [-0.39, 0.29) is 11.5 Å². The summed E-state index contributed by atoms with van der Waals surface area (Å²) in [6, 6.07) is 1.79. The molecule has 112 valence electrons. The molecule has 2 aromatic heterocycles. The van der Waals surface area contributed by atoms with Crippen LogP contribution in [0.1, 0.15) is 58.4 Å². The van der Waals surface area contributed by atoms with Crippen molar-refractivity contribution < 1.29 is 19.2 Å². The number of nitrogens with zero attached hydrogens (tertiary/aromatic N) is 2. The fourth-order valence-corrected chi connectivity index (χ4v) is 3.05. The lowest BCUT2D eigenvalue weighted by Crippen LogP contribution is -2.01. The minimum absolute atomic E-state index is 0.124. The van der Waals surface area contributed by atoms with Crippen molar-refractivity contribution in [2.24, 2.45) is 0 Å². The molecule has 2 heterocycles. The number of hydrogen-bond donors (Lipinski definition) is 1. The molecule has 0 amide bonds. The van der Waals surface area contributed by atoms with E-state index < -0.39 is 5.97 Å². The summed E-state index contributed by atoms with van der Waals surface area (Å²) in [5, 5.41) is 13.1. The summed E-state index contributed by atoms with van der Waals surface area (Å²) in [4.78, 5) is 16.7. The smallest absolute Gasteiger partial charge is 0.349 e. The normalized spacial score (nSPS) is 14.3. The predicted molar refractivity (Wildman–Crippen MR) is 75.9 cm³/mol. The molecular weight excluding hydrogens is 292 g/mol. The van der Waals surface area contributed by atoms with E-state index in [0.717, 1.165) is 30.6 Å². The van der Waals surface area contributed by atoms with Crippen molar-refractivity contribution in [2.75, 3.05) is 0 Å². The first-order valence-electron chi connectivity index (χ1n) is 6.98. The first kappa shape index (κ1) is 14.1. The van der Waals surface area contributed by atoms with Crippen molar-refractivity contribution in [1.82, 2.24) is 10.1 Å². The molecule has 0 spiro atoms. The lowest BCUT2D eigenvalue weighted by Gasteiger charge is -2.01. The number of thiophene rings is 1. The van der Waals surface area contributed by atoms with Gasteiger partial charge in [-0.1, -0.05) is 18.5 Å². The third kappa shape index (κ3) is 3.24. The van der Waals surface area contributed by atoms with Gasteiger partial charge in [0.1, 0.15) is 5.75 Å². The largest absolute Gasteiger partial charge is 0.484 e. The van der Waals surface area contributed by atoms with E-state index in [9.17, 15) is 9.90 Å². The fourth-order valence-electron chi connectivity index (χ4n) is 2.01. The Labute approximate surface area is 125 Å². The van der Waals surface area contributed by atoms with Gasteiger partial charge >= 0.3 is 5.97 Å². The van der Waals surface area contributed by atoms with E-state index in [1.807, 2.05) is 0 Å². The first-order chi connectivity index (χ1) is 10.2. The molecule has 1 saturated carbocycles. The molecule has 0 saturated heterocycles. The van der Waals surface area contributed by atoms with Crippen molar-refractivity contribution >= 4 is 17.3 Å². The van der Waals surface area contributed by atoms with Crippen LogP contribution in [0.15, 0.2) is 10.6 Å². The van der Waals surface area contributed by atoms with E-state index in [1.54, 1.807) is 6.07 Å². The average molecular weight is 308 g/mol. The quantitative estimate of drug-likeness (QED) is 0.845. The van der Waals surface area contributed by atoms with Gasteiger partial charge in [0.25, 0.3) is 0 Å². The Morgan fingerprint density at radius 1 is 1.57 bits per heavy atom. The van der Waals surface area contributed by atoms with Gasteiger partial charge < -0.3 is 14.4 Å². The minimum atomic E-state index is -0.968. The van der Waals surface area contributed by atoms with E-state index in [4.69, 9.17) is 9.26 Å². The number of rotatable bonds is 7. The molecular formula is C14H16N2O4S. The number of ether oxygens (including phenoxy) is 1. The Morgan fingerprint density at radius 2 is 2.38 bits per heavy atom. The number of hydrogen-bond acceptors (Lipinski definition) is 6. The molecule has 1 N–H and O–H groups in total. The summed E-state index contributed by atoms with van der Waals surface area (Å²) in [7, 11) is 0. The Bertz CT molecular complexity index is 645. The van der Waals surface area contributed by atoms with Crippen molar-refractivity contribution in [1.29, 1.82) is 0 Å². The highest BCUT2D eigenvalue weighted by molar-refractivity contribution is 7.14. The number of carboxylic acids is 1. The highest BCUT2D eigenvalue weighted by Gasteiger charge is 2.29. The molecule has 21 heavy (non-hydrogen) atoms. The van der Waals surface area contributed by atoms with Gasteiger partial charge in [0, 0.05) is 10.8 Å². The molecule has 0 bridgehead atoms. The van der Waals surface area contributed by atoms with Crippen molar-refractivity contribution in [3.63, 3.8) is 0 Å². The lowest BCUT2D eigenvalue weighted by atomic mass is 10.3. The van der Waals surface area contributed by atoms with Crippen LogP contribution in [0, 0.1) is 0 Å². The second-order valence-electron chi connectivity index (χ2n) is 5.07. The maximum atomic E-state index is 11.2. The third-order valence-electron chi connectivity index (χ3n) is 3.21. The summed E-state index contributed by atoms with van der Waals surface area (Å²) in [6.45, 7) is 2.18. The van der Waals surface area contributed by atoms with Crippen molar-refractivity contribution in [3.05, 3.63) is 27.5 Å². The molecule has 1 fully saturated rings. The average Bonchev–Trinajstić information content (AvgIpc) is 3.05. The summed E-state index contributed by atoms with van der Waals surface area (Å²) < 4.78 is 10.7. The number of carbonyl (C=O) groups is 1. The molecule has 1 aliphatic rings. The predicted octanol–water partition coefficient (Wildman–Crippen LogP) is 3.24. The summed E-state index contributed by atoms with van der Waals surface area (Å²) in [6.07, 6.45) is 4.00.